The van der Waals surface area contributed by atoms with Crippen LogP contribution in [0.25, 0.3) is 0 Å². The molecule has 0 aromatic heterocycles. The number of allylic oxidation sites excluding steroid dienone is 1. The molecule has 1 aliphatic rings. The highest BCUT2D eigenvalue weighted by Crippen LogP contribution is 2.21. The molecule has 6 nitrogen and oxygen atoms in total. The lowest BCUT2D eigenvalue weighted by Crippen LogP contribution is -2.58. The maximum absolute atomic E-state index is 13.1. The van der Waals surface area contributed by atoms with Crippen molar-refractivity contribution in [3.8, 4) is 0 Å². The van der Waals surface area contributed by atoms with Crippen LogP contribution in [-0.4, -0.2) is 53.2 Å². The molecule has 0 spiro atoms. The van der Waals surface area contributed by atoms with Crippen LogP contribution in [0, 0.1) is 11.8 Å². The van der Waals surface area contributed by atoms with Crippen LogP contribution < -0.4 is 10.6 Å². The Morgan fingerprint density at radius 3 is 2.13 bits per heavy atom. The van der Waals surface area contributed by atoms with Crippen molar-refractivity contribution in [3.63, 3.8) is 0 Å². The topological polar surface area (TPSA) is 78.5 Å². The van der Waals surface area contributed by atoms with Crippen molar-refractivity contribution in [1.82, 2.24) is 15.5 Å². The van der Waals surface area contributed by atoms with Gasteiger partial charge in [0.05, 0.1) is 12.1 Å². The molecular formula is C24H43N3O3. The maximum atomic E-state index is 13.1. The molecule has 4 atom stereocenters. The predicted molar refractivity (Wildman–Crippen MR) is 122 cm³/mol. The minimum Gasteiger partial charge on any atom is -0.348 e. The molecule has 6 heteroatoms. The second kappa shape index (κ2) is 12.2. The quantitative estimate of drug-likeness (QED) is 0.530. The van der Waals surface area contributed by atoms with Crippen LogP contribution in [-0.2, 0) is 14.4 Å². The monoisotopic (exact) mass is 421 g/mol. The number of nitrogens with zero attached hydrogens (tertiary/aromatic N) is 1. The first-order valence-corrected chi connectivity index (χ1v) is 11.5. The van der Waals surface area contributed by atoms with Gasteiger partial charge in [0.15, 0.2) is 5.78 Å². The van der Waals surface area contributed by atoms with E-state index in [-0.39, 0.29) is 41.5 Å². The van der Waals surface area contributed by atoms with E-state index < -0.39 is 6.04 Å². The first-order valence-electron chi connectivity index (χ1n) is 11.5. The summed E-state index contributed by atoms with van der Waals surface area (Å²) in [5.41, 5.74) is 0.630. The Hall–Kier alpha value is -1.69. The Kier molecular flexibility index (Phi) is 10.7. The Labute approximate surface area is 183 Å². The second-order valence-electron chi connectivity index (χ2n) is 9.42. The Morgan fingerprint density at radius 1 is 1.00 bits per heavy atom. The molecule has 0 saturated carbocycles. The SMILES string of the molecule is CCC(C)N1CCCCC1C(=O)NC(C(=O)NC(/C=C(\C)C(C)=O)C(C)C)C(C)C. The number of carbonyl (C=O) groups is 3. The molecule has 1 heterocycles. The first-order chi connectivity index (χ1) is 14.0. The van der Waals surface area contributed by atoms with Gasteiger partial charge in [-0.1, -0.05) is 47.1 Å². The van der Waals surface area contributed by atoms with E-state index in [9.17, 15) is 14.4 Å². The van der Waals surface area contributed by atoms with Crippen molar-refractivity contribution >= 4 is 17.6 Å². The van der Waals surface area contributed by atoms with Crippen LogP contribution >= 0.6 is 0 Å². The number of carbonyl (C=O) groups excluding carboxylic acids is 3. The zero-order valence-electron chi connectivity index (χ0n) is 20.2. The maximum Gasteiger partial charge on any atom is 0.243 e. The van der Waals surface area contributed by atoms with Crippen molar-refractivity contribution < 1.29 is 14.4 Å². The van der Waals surface area contributed by atoms with Crippen molar-refractivity contribution in [2.75, 3.05) is 6.54 Å². The summed E-state index contributed by atoms with van der Waals surface area (Å²) >= 11 is 0. The third kappa shape index (κ3) is 7.53. The fraction of sp³-hybridized carbons (Fsp3) is 0.792. The largest absolute Gasteiger partial charge is 0.348 e. The number of hydrogen-bond donors (Lipinski definition) is 2. The molecule has 1 fully saturated rings. The summed E-state index contributed by atoms with van der Waals surface area (Å²) in [6.45, 7) is 16.4. The molecule has 1 saturated heterocycles. The molecule has 4 unspecified atom stereocenters. The molecule has 0 aliphatic carbocycles. The highest BCUT2D eigenvalue weighted by Gasteiger charge is 2.34. The number of rotatable bonds is 10. The number of Topliss-reactive ketones (excluding diaryl/α,β-unsaturated/α-hetero) is 1. The number of nitrogens with one attached hydrogen (secondary N) is 2. The van der Waals surface area contributed by atoms with Gasteiger partial charge in [0.2, 0.25) is 11.8 Å². The van der Waals surface area contributed by atoms with Gasteiger partial charge in [0.1, 0.15) is 6.04 Å². The van der Waals surface area contributed by atoms with Gasteiger partial charge in [0, 0.05) is 6.04 Å². The summed E-state index contributed by atoms with van der Waals surface area (Å²) in [6, 6.07) is -0.697. The number of amides is 2. The number of piperidine rings is 1. The van der Waals surface area contributed by atoms with Crippen LogP contribution in [0.3, 0.4) is 0 Å². The van der Waals surface area contributed by atoms with E-state index >= 15 is 0 Å². The van der Waals surface area contributed by atoms with Gasteiger partial charge in [-0.3, -0.25) is 19.3 Å². The van der Waals surface area contributed by atoms with Gasteiger partial charge in [-0.05, 0) is 64.0 Å². The van der Waals surface area contributed by atoms with E-state index in [1.165, 1.54) is 6.92 Å². The van der Waals surface area contributed by atoms with E-state index in [1.807, 2.05) is 33.8 Å². The lowest BCUT2D eigenvalue weighted by molar-refractivity contribution is -0.134. The standard InChI is InChI=1S/C24H43N3O3/c1-9-18(7)27-13-11-10-12-21(27)23(29)26-22(16(4)5)24(30)25-20(15(2)3)14-17(6)19(8)28/h14-16,18,20-22H,9-13H2,1-8H3,(H,25,30)(H,26,29)/b17-14+. The van der Waals surface area contributed by atoms with Crippen LogP contribution in [0.2, 0.25) is 0 Å². The lowest BCUT2D eigenvalue weighted by Gasteiger charge is -2.39. The molecule has 172 valence electrons. The first kappa shape index (κ1) is 26.3. The summed E-state index contributed by atoms with van der Waals surface area (Å²) in [5.74, 6) is -0.173. The van der Waals surface area contributed by atoms with Gasteiger partial charge in [-0.2, -0.15) is 0 Å². The van der Waals surface area contributed by atoms with Gasteiger partial charge < -0.3 is 10.6 Å². The zero-order valence-corrected chi connectivity index (χ0v) is 20.2. The normalized spacial score (nSPS) is 21.3. The molecule has 1 rings (SSSR count). The van der Waals surface area contributed by atoms with Crippen molar-refractivity contribution in [3.05, 3.63) is 11.6 Å². The van der Waals surface area contributed by atoms with E-state index in [1.54, 1.807) is 6.92 Å². The van der Waals surface area contributed by atoms with Crippen molar-refractivity contribution in [2.24, 2.45) is 11.8 Å². The average Bonchev–Trinajstić information content (AvgIpc) is 2.69. The summed E-state index contributed by atoms with van der Waals surface area (Å²) in [4.78, 5) is 40.1. The third-order valence-corrected chi connectivity index (χ3v) is 6.26. The Balaban J connectivity index is 2.94. The molecule has 0 bridgehead atoms. The molecule has 0 aromatic rings. The molecule has 1 aliphatic heterocycles. The summed E-state index contributed by atoms with van der Waals surface area (Å²) < 4.78 is 0. The molecule has 30 heavy (non-hydrogen) atoms. The number of ketones is 1. The van der Waals surface area contributed by atoms with E-state index in [2.05, 4.69) is 29.4 Å². The zero-order chi connectivity index (χ0) is 23.0. The summed E-state index contributed by atoms with van der Waals surface area (Å²) in [6.07, 6.45) is 5.79. The van der Waals surface area contributed by atoms with Crippen LogP contribution in [0.4, 0.5) is 0 Å². The molecular weight excluding hydrogens is 378 g/mol. The fourth-order valence-electron chi connectivity index (χ4n) is 3.82. The highest BCUT2D eigenvalue weighted by atomic mass is 16.2. The van der Waals surface area contributed by atoms with Crippen molar-refractivity contribution in [2.45, 2.75) is 105 Å². The van der Waals surface area contributed by atoms with Crippen LogP contribution in [0.1, 0.15) is 81.1 Å². The van der Waals surface area contributed by atoms with Crippen LogP contribution in [0.15, 0.2) is 11.6 Å². The van der Waals surface area contributed by atoms with E-state index in [0.717, 1.165) is 32.2 Å². The summed E-state index contributed by atoms with van der Waals surface area (Å²) in [7, 11) is 0. The number of hydrogen-bond acceptors (Lipinski definition) is 4. The van der Waals surface area contributed by atoms with Gasteiger partial charge in [0.25, 0.3) is 0 Å². The predicted octanol–water partition coefficient (Wildman–Crippen LogP) is 3.46. The minimum absolute atomic E-state index is 0.00829. The summed E-state index contributed by atoms with van der Waals surface area (Å²) in [5, 5.41) is 6.08. The molecule has 0 radical (unpaired) electrons. The average molecular weight is 422 g/mol. The number of likely N-dealkylation sites (tertiary alicyclic amines) is 1. The van der Waals surface area contributed by atoms with Gasteiger partial charge in [-0.25, -0.2) is 0 Å². The molecule has 0 aromatic carbocycles. The third-order valence-electron chi connectivity index (χ3n) is 6.26. The fourth-order valence-corrected chi connectivity index (χ4v) is 3.82. The van der Waals surface area contributed by atoms with E-state index in [0.29, 0.717) is 11.6 Å². The van der Waals surface area contributed by atoms with Crippen molar-refractivity contribution in [1.29, 1.82) is 0 Å². The molecule has 2 amide bonds. The molecule has 2 N–H and O–H groups in total. The Bertz CT molecular complexity index is 627. The highest BCUT2D eigenvalue weighted by molar-refractivity contribution is 5.93. The van der Waals surface area contributed by atoms with Crippen LogP contribution in [0.5, 0.6) is 0 Å². The lowest BCUT2D eigenvalue weighted by atomic mass is 9.96. The minimum atomic E-state index is -0.606. The second-order valence-corrected chi connectivity index (χ2v) is 9.42. The van der Waals surface area contributed by atoms with Gasteiger partial charge >= 0.3 is 0 Å². The smallest absolute Gasteiger partial charge is 0.243 e. The van der Waals surface area contributed by atoms with Gasteiger partial charge in [-0.15, -0.1) is 0 Å². The Morgan fingerprint density at radius 2 is 1.63 bits per heavy atom. The van der Waals surface area contributed by atoms with E-state index in [4.69, 9.17) is 0 Å².